The Balaban J connectivity index is 0.00000144. The van der Waals surface area contributed by atoms with Crippen molar-refractivity contribution in [2.45, 2.75) is 13.1 Å². The highest BCUT2D eigenvalue weighted by atomic mass is 35.5. The molecule has 0 unspecified atom stereocenters. The molecule has 8 heteroatoms. The van der Waals surface area contributed by atoms with Crippen LogP contribution in [0.25, 0.3) is 0 Å². The number of rotatable bonds is 4. The Labute approximate surface area is 103 Å². The van der Waals surface area contributed by atoms with Crippen LogP contribution in [0.3, 0.4) is 0 Å². The molecule has 0 atom stereocenters. The highest BCUT2D eigenvalue weighted by Crippen LogP contribution is 2.13. The average Bonchev–Trinajstić information content (AvgIpc) is 2.83. The predicted octanol–water partition coefficient (Wildman–Crippen LogP) is 2.05. The summed E-state index contributed by atoms with van der Waals surface area (Å²) in [6.45, 7) is -2.35. The largest absolute Gasteiger partial charge is 0.363 e. The molecular formula is C9H12ClF2N5. The highest BCUT2D eigenvalue weighted by Gasteiger charge is 2.11. The van der Waals surface area contributed by atoms with Gasteiger partial charge in [0.25, 0.3) is 0 Å². The molecule has 0 saturated heterocycles. The molecule has 5 nitrogen and oxygen atoms in total. The molecule has 0 radical (unpaired) electrons. The van der Waals surface area contributed by atoms with Crippen LogP contribution in [0.5, 0.6) is 0 Å². The number of alkyl halides is 2. The highest BCUT2D eigenvalue weighted by molar-refractivity contribution is 5.85. The Hall–Kier alpha value is -1.63. The van der Waals surface area contributed by atoms with Crippen LogP contribution in [-0.2, 0) is 13.6 Å². The predicted molar refractivity (Wildman–Crippen MR) is 61.3 cm³/mol. The summed E-state index contributed by atoms with van der Waals surface area (Å²) in [6.07, 6.45) is 3.12. The first kappa shape index (κ1) is 13.4. The fourth-order valence-electron chi connectivity index (χ4n) is 1.35. The fraction of sp³-hybridized carbons (Fsp3) is 0.333. The zero-order valence-electron chi connectivity index (χ0n) is 9.05. The van der Waals surface area contributed by atoms with E-state index in [0.717, 1.165) is 0 Å². The van der Waals surface area contributed by atoms with Gasteiger partial charge in [-0.25, -0.2) is 4.68 Å². The minimum absolute atomic E-state index is 0. The summed E-state index contributed by atoms with van der Waals surface area (Å²) >= 11 is 0. The van der Waals surface area contributed by atoms with Gasteiger partial charge in [0, 0.05) is 25.5 Å². The molecule has 0 aliphatic carbocycles. The van der Waals surface area contributed by atoms with E-state index in [4.69, 9.17) is 0 Å². The zero-order valence-corrected chi connectivity index (χ0v) is 9.86. The smallest absolute Gasteiger partial charge is 0.333 e. The SMILES string of the molecule is Cl.Cn1ccc(NCc2ccnn2C(F)F)n1. The first-order valence-corrected chi connectivity index (χ1v) is 4.71. The van der Waals surface area contributed by atoms with Gasteiger partial charge in [-0.2, -0.15) is 19.0 Å². The lowest BCUT2D eigenvalue weighted by molar-refractivity contribution is 0.0537. The molecule has 1 N–H and O–H groups in total. The molecule has 0 fully saturated rings. The number of aromatic nitrogens is 4. The second kappa shape index (κ2) is 5.62. The van der Waals surface area contributed by atoms with Gasteiger partial charge in [-0.1, -0.05) is 0 Å². The second-order valence-corrected chi connectivity index (χ2v) is 3.27. The third-order valence-electron chi connectivity index (χ3n) is 2.10. The van der Waals surface area contributed by atoms with E-state index in [1.54, 1.807) is 30.1 Å². The first-order chi connectivity index (χ1) is 7.66. The lowest BCUT2D eigenvalue weighted by Gasteiger charge is -2.06. The number of aryl methyl sites for hydroxylation is 1. The maximum absolute atomic E-state index is 12.4. The van der Waals surface area contributed by atoms with E-state index in [-0.39, 0.29) is 19.0 Å². The monoisotopic (exact) mass is 263 g/mol. The molecule has 0 aromatic carbocycles. The van der Waals surface area contributed by atoms with Crippen molar-refractivity contribution in [1.82, 2.24) is 19.6 Å². The number of nitrogens with one attached hydrogen (secondary N) is 1. The van der Waals surface area contributed by atoms with E-state index >= 15 is 0 Å². The molecule has 2 aromatic rings. The molecule has 0 spiro atoms. The van der Waals surface area contributed by atoms with E-state index < -0.39 is 6.55 Å². The van der Waals surface area contributed by atoms with Gasteiger partial charge in [-0.15, -0.1) is 12.4 Å². The van der Waals surface area contributed by atoms with Crippen LogP contribution in [0, 0.1) is 0 Å². The number of nitrogens with zero attached hydrogens (tertiary/aromatic N) is 4. The van der Waals surface area contributed by atoms with Crippen LogP contribution in [0.4, 0.5) is 14.6 Å². The molecule has 0 aliphatic rings. The van der Waals surface area contributed by atoms with Crippen LogP contribution in [-0.4, -0.2) is 19.6 Å². The van der Waals surface area contributed by atoms with Crippen molar-refractivity contribution in [2.75, 3.05) is 5.32 Å². The Bertz CT molecular complexity index is 467. The standard InChI is InChI=1S/C9H11F2N5.ClH/c1-15-5-3-8(14-15)12-6-7-2-4-13-16(7)9(10)11;/h2-5,9H,6H2,1H3,(H,12,14);1H. The number of anilines is 1. The lowest BCUT2D eigenvalue weighted by atomic mass is 10.4. The maximum Gasteiger partial charge on any atom is 0.333 e. The summed E-state index contributed by atoms with van der Waals surface area (Å²) in [5, 5.41) is 10.5. The third-order valence-corrected chi connectivity index (χ3v) is 2.10. The number of halogens is 3. The molecule has 2 rings (SSSR count). The van der Waals surface area contributed by atoms with Crippen molar-refractivity contribution in [2.24, 2.45) is 7.05 Å². The molecule has 0 saturated carbocycles. The van der Waals surface area contributed by atoms with E-state index in [0.29, 0.717) is 16.2 Å². The van der Waals surface area contributed by atoms with E-state index in [2.05, 4.69) is 15.5 Å². The van der Waals surface area contributed by atoms with E-state index in [1.807, 2.05) is 0 Å². The van der Waals surface area contributed by atoms with Crippen molar-refractivity contribution in [3.8, 4) is 0 Å². The van der Waals surface area contributed by atoms with Crippen molar-refractivity contribution in [1.29, 1.82) is 0 Å². The number of hydrogen-bond donors (Lipinski definition) is 1. The minimum Gasteiger partial charge on any atom is -0.363 e. The van der Waals surface area contributed by atoms with Crippen LogP contribution in [0.1, 0.15) is 12.2 Å². The third kappa shape index (κ3) is 3.16. The van der Waals surface area contributed by atoms with Crippen molar-refractivity contribution >= 4 is 18.2 Å². The number of hydrogen-bond acceptors (Lipinski definition) is 3. The maximum atomic E-state index is 12.4. The first-order valence-electron chi connectivity index (χ1n) is 4.71. The Morgan fingerprint density at radius 2 is 2.18 bits per heavy atom. The molecule has 0 aliphatic heterocycles. The molecular weight excluding hydrogens is 252 g/mol. The molecule has 94 valence electrons. The van der Waals surface area contributed by atoms with E-state index in [9.17, 15) is 8.78 Å². The Kier molecular flexibility index (Phi) is 4.45. The van der Waals surface area contributed by atoms with Crippen molar-refractivity contribution in [3.05, 3.63) is 30.2 Å². The topological polar surface area (TPSA) is 47.7 Å². The van der Waals surface area contributed by atoms with Gasteiger partial charge < -0.3 is 5.32 Å². The van der Waals surface area contributed by atoms with Crippen LogP contribution >= 0.6 is 12.4 Å². The summed E-state index contributed by atoms with van der Waals surface area (Å²) < 4.78 is 27.2. The van der Waals surface area contributed by atoms with Gasteiger partial charge in [0.2, 0.25) is 0 Å². The molecule has 2 aromatic heterocycles. The lowest BCUT2D eigenvalue weighted by Crippen LogP contribution is -2.10. The summed E-state index contributed by atoms with van der Waals surface area (Å²) in [5.41, 5.74) is 0.417. The Morgan fingerprint density at radius 1 is 1.41 bits per heavy atom. The normalized spacial score (nSPS) is 10.4. The van der Waals surface area contributed by atoms with Crippen molar-refractivity contribution < 1.29 is 8.78 Å². The van der Waals surface area contributed by atoms with Crippen LogP contribution < -0.4 is 5.32 Å². The van der Waals surface area contributed by atoms with Gasteiger partial charge in [0.1, 0.15) is 5.82 Å². The van der Waals surface area contributed by atoms with Crippen LogP contribution in [0.15, 0.2) is 24.5 Å². The summed E-state index contributed by atoms with van der Waals surface area (Å²) in [7, 11) is 1.79. The van der Waals surface area contributed by atoms with Gasteiger partial charge in [-0.3, -0.25) is 4.68 Å². The molecule has 17 heavy (non-hydrogen) atoms. The Morgan fingerprint density at radius 3 is 2.76 bits per heavy atom. The zero-order chi connectivity index (χ0) is 11.5. The second-order valence-electron chi connectivity index (χ2n) is 3.27. The van der Waals surface area contributed by atoms with Gasteiger partial charge >= 0.3 is 6.55 Å². The average molecular weight is 264 g/mol. The fourth-order valence-corrected chi connectivity index (χ4v) is 1.35. The van der Waals surface area contributed by atoms with E-state index in [1.165, 1.54) is 6.20 Å². The summed E-state index contributed by atoms with van der Waals surface area (Å²) in [5.74, 6) is 0.643. The van der Waals surface area contributed by atoms with Gasteiger partial charge in [-0.05, 0) is 6.07 Å². The molecule has 0 amide bonds. The van der Waals surface area contributed by atoms with Gasteiger partial charge in [0.15, 0.2) is 0 Å². The quantitative estimate of drug-likeness (QED) is 0.918. The van der Waals surface area contributed by atoms with Crippen molar-refractivity contribution in [3.63, 3.8) is 0 Å². The molecule has 0 bridgehead atoms. The summed E-state index contributed by atoms with van der Waals surface area (Å²) in [4.78, 5) is 0. The van der Waals surface area contributed by atoms with Crippen LogP contribution in [0.2, 0.25) is 0 Å². The van der Waals surface area contributed by atoms with Gasteiger partial charge in [0.05, 0.1) is 12.2 Å². The molecule has 2 heterocycles. The minimum atomic E-state index is -2.62. The summed E-state index contributed by atoms with van der Waals surface area (Å²) in [6, 6.07) is 3.31.